The molecule has 0 amide bonds. The molecule has 0 saturated heterocycles. The number of ether oxygens (including phenoxy) is 3. The molecular formula is C30H26N2O4S. The van der Waals surface area contributed by atoms with E-state index in [2.05, 4.69) is 30.3 Å². The number of hydrogen-bond donors (Lipinski definition) is 0. The van der Waals surface area contributed by atoms with Crippen molar-refractivity contribution in [1.29, 1.82) is 0 Å². The molecule has 3 aromatic carbocycles. The van der Waals surface area contributed by atoms with Crippen molar-refractivity contribution in [3.05, 3.63) is 114 Å². The smallest absolute Gasteiger partial charge is 0.271 e. The third-order valence-electron chi connectivity index (χ3n) is 7.00. The van der Waals surface area contributed by atoms with Gasteiger partial charge in [-0.05, 0) is 53.8 Å². The Balaban J connectivity index is 1.62. The largest absolute Gasteiger partial charge is 0.497 e. The maximum Gasteiger partial charge on any atom is 0.271 e. The van der Waals surface area contributed by atoms with Crippen LogP contribution in [0.4, 0.5) is 0 Å². The van der Waals surface area contributed by atoms with E-state index in [1.165, 1.54) is 16.9 Å². The minimum absolute atomic E-state index is 0.0770. The summed E-state index contributed by atoms with van der Waals surface area (Å²) in [6.07, 6.45) is 3.62. The fourth-order valence-electron chi connectivity index (χ4n) is 5.30. The number of thiazole rings is 1. The van der Waals surface area contributed by atoms with E-state index in [0.29, 0.717) is 20.8 Å². The van der Waals surface area contributed by atoms with Crippen molar-refractivity contribution in [3.8, 4) is 17.2 Å². The van der Waals surface area contributed by atoms with E-state index in [4.69, 9.17) is 19.2 Å². The molecule has 1 atom stereocenters. The van der Waals surface area contributed by atoms with Crippen LogP contribution in [0.3, 0.4) is 0 Å². The molecule has 1 aliphatic carbocycles. The minimum Gasteiger partial charge on any atom is -0.497 e. The highest BCUT2D eigenvalue weighted by Gasteiger charge is 2.32. The lowest BCUT2D eigenvalue weighted by molar-refractivity contribution is 0.354. The van der Waals surface area contributed by atoms with Crippen LogP contribution in [-0.2, 0) is 6.42 Å². The zero-order valence-corrected chi connectivity index (χ0v) is 21.7. The first-order valence-electron chi connectivity index (χ1n) is 12.1. The van der Waals surface area contributed by atoms with Crippen LogP contribution in [0.15, 0.2) is 82.1 Å². The molecule has 2 heterocycles. The number of para-hydroxylation sites is 1. The second-order valence-corrected chi connectivity index (χ2v) is 9.98. The summed E-state index contributed by atoms with van der Waals surface area (Å²) in [5, 5.41) is 0. The molecule has 4 aromatic rings. The van der Waals surface area contributed by atoms with E-state index in [1.54, 1.807) is 21.3 Å². The molecule has 0 fully saturated rings. The predicted molar refractivity (Wildman–Crippen MR) is 145 cm³/mol. The number of aryl methyl sites for hydroxylation is 1. The summed E-state index contributed by atoms with van der Waals surface area (Å²) >= 11 is 1.39. The zero-order valence-electron chi connectivity index (χ0n) is 20.9. The summed E-state index contributed by atoms with van der Waals surface area (Å²) in [6, 6.07) is 21.8. The summed E-state index contributed by atoms with van der Waals surface area (Å²) in [7, 11) is 4.87. The number of methoxy groups -OCH3 is 3. The quantitative estimate of drug-likeness (QED) is 0.401. The monoisotopic (exact) mass is 510 g/mol. The van der Waals surface area contributed by atoms with Gasteiger partial charge in [-0.15, -0.1) is 0 Å². The zero-order chi connectivity index (χ0) is 25.5. The second kappa shape index (κ2) is 9.41. The Labute approximate surface area is 218 Å². The molecule has 6 rings (SSSR count). The van der Waals surface area contributed by atoms with E-state index in [9.17, 15) is 4.79 Å². The number of allylic oxidation sites excluding steroid dienone is 1. The normalized spacial score (nSPS) is 16.4. The molecule has 1 aliphatic heterocycles. The van der Waals surface area contributed by atoms with Crippen molar-refractivity contribution in [2.45, 2.75) is 18.9 Å². The Morgan fingerprint density at radius 2 is 1.78 bits per heavy atom. The topological polar surface area (TPSA) is 62.0 Å². The highest BCUT2D eigenvalue weighted by Crippen LogP contribution is 2.41. The van der Waals surface area contributed by atoms with Gasteiger partial charge < -0.3 is 14.2 Å². The molecule has 1 unspecified atom stereocenters. The summed E-state index contributed by atoms with van der Waals surface area (Å²) in [4.78, 5) is 19.7. The van der Waals surface area contributed by atoms with E-state index in [1.807, 2.05) is 47.0 Å². The van der Waals surface area contributed by atoms with E-state index >= 15 is 0 Å². The molecule has 37 heavy (non-hydrogen) atoms. The van der Waals surface area contributed by atoms with Gasteiger partial charge in [0.25, 0.3) is 5.56 Å². The maximum atomic E-state index is 14.0. The molecule has 7 heteroatoms. The number of nitrogens with zero attached hydrogens (tertiary/aromatic N) is 2. The maximum absolute atomic E-state index is 14.0. The Morgan fingerprint density at radius 1 is 0.946 bits per heavy atom. The standard InChI is InChI=1S/C30H26N2O4S/c1-34-21-11-6-9-19(16-21)27-23-15-14-18-8-4-5-12-22(18)26(23)31-30-32(27)29(33)25(37-30)17-20-10-7-13-24(35-2)28(20)36-3/h4-13,16-17,27H,14-15H2,1-3H3. The fourth-order valence-corrected chi connectivity index (χ4v) is 6.29. The van der Waals surface area contributed by atoms with Crippen molar-refractivity contribution in [2.75, 3.05) is 21.3 Å². The van der Waals surface area contributed by atoms with Crippen molar-refractivity contribution in [3.63, 3.8) is 0 Å². The Morgan fingerprint density at radius 3 is 2.59 bits per heavy atom. The lowest BCUT2D eigenvalue weighted by atomic mass is 9.83. The number of benzene rings is 3. The molecule has 2 aliphatic rings. The van der Waals surface area contributed by atoms with Gasteiger partial charge in [-0.1, -0.05) is 59.9 Å². The van der Waals surface area contributed by atoms with Gasteiger partial charge in [0.2, 0.25) is 0 Å². The molecule has 186 valence electrons. The van der Waals surface area contributed by atoms with Crippen molar-refractivity contribution in [2.24, 2.45) is 4.99 Å². The number of rotatable bonds is 5. The third-order valence-corrected chi connectivity index (χ3v) is 7.99. The van der Waals surface area contributed by atoms with Crippen molar-refractivity contribution in [1.82, 2.24) is 4.57 Å². The van der Waals surface area contributed by atoms with Crippen LogP contribution in [0, 0.1) is 0 Å². The first kappa shape index (κ1) is 23.3. The molecule has 6 nitrogen and oxygen atoms in total. The van der Waals surface area contributed by atoms with Gasteiger partial charge in [0.1, 0.15) is 5.75 Å². The lowest BCUT2D eigenvalue weighted by Gasteiger charge is -2.31. The third kappa shape index (κ3) is 3.86. The first-order valence-corrected chi connectivity index (χ1v) is 12.9. The lowest BCUT2D eigenvalue weighted by Crippen LogP contribution is -2.38. The van der Waals surface area contributed by atoms with E-state index < -0.39 is 0 Å². The highest BCUT2D eigenvalue weighted by atomic mass is 32.1. The summed E-state index contributed by atoms with van der Waals surface area (Å²) in [5.41, 5.74) is 6.27. The molecule has 0 N–H and O–H groups in total. The van der Waals surface area contributed by atoms with Crippen LogP contribution < -0.4 is 29.1 Å². The fraction of sp³-hybridized carbons (Fsp3) is 0.200. The molecule has 1 aromatic heterocycles. The van der Waals surface area contributed by atoms with Crippen LogP contribution in [0.25, 0.3) is 11.8 Å². The second-order valence-electron chi connectivity index (χ2n) is 8.97. The van der Waals surface area contributed by atoms with Crippen molar-refractivity contribution >= 4 is 23.1 Å². The molecule has 0 bridgehead atoms. The van der Waals surface area contributed by atoms with Crippen LogP contribution >= 0.6 is 11.3 Å². The van der Waals surface area contributed by atoms with Gasteiger partial charge in [-0.25, -0.2) is 4.99 Å². The summed E-state index contributed by atoms with van der Waals surface area (Å²) < 4.78 is 19.0. The van der Waals surface area contributed by atoms with Crippen LogP contribution in [-0.4, -0.2) is 25.9 Å². The first-order chi connectivity index (χ1) is 18.1. The Kier molecular flexibility index (Phi) is 5.93. The van der Waals surface area contributed by atoms with Crippen LogP contribution in [0.2, 0.25) is 0 Å². The van der Waals surface area contributed by atoms with Crippen LogP contribution in [0.5, 0.6) is 17.2 Å². The van der Waals surface area contributed by atoms with Gasteiger partial charge in [-0.3, -0.25) is 9.36 Å². The highest BCUT2D eigenvalue weighted by molar-refractivity contribution is 7.07. The SMILES string of the molecule is COc1cccc(C2C3=C(N=c4sc(=Cc5cccc(OC)c5OC)c(=O)n42)c2ccccc2CC3)c1. The van der Waals surface area contributed by atoms with Gasteiger partial charge in [0.05, 0.1) is 37.6 Å². The molecule has 0 radical (unpaired) electrons. The minimum atomic E-state index is -0.260. The molecular weight excluding hydrogens is 484 g/mol. The average Bonchev–Trinajstić information content (AvgIpc) is 3.25. The van der Waals surface area contributed by atoms with Gasteiger partial charge in [0.15, 0.2) is 16.3 Å². The van der Waals surface area contributed by atoms with Crippen molar-refractivity contribution < 1.29 is 14.2 Å². The summed E-state index contributed by atoms with van der Waals surface area (Å²) in [6.45, 7) is 0. The summed E-state index contributed by atoms with van der Waals surface area (Å²) in [5.74, 6) is 1.97. The van der Waals surface area contributed by atoms with Gasteiger partial charge in [0, 0.05) is 11.1 Å². The Bertz CT molecular complexity index is 1730. The Hall–Kier alpha value is -4.10. The molecule has 0 saturated carbocycles. The van der Waals surface area contributed by atoms with E-state index in [-0.39, 0.29) is 11.6 Å². The number of aromatic nitrogens is 1. The number of hydrogen-bond acceptors (Lipinski definition) is 6. The average molecular weight is 511 g/mol. The number of fused-ring (bicyclic) bond motifs is 3. The predicted octanol–water partition coefficient (Wildman–Crippen LogP) is 4.34. The van der Waals surface area contributed by atoms with E-state index in [0.717, 1.165) is 46.6 Å². The molecule has 0 spiro atoms. The van der Waals surface area contributed by atoms with Gasteiger partial charge >= 0.3 is 0 Å². The van der Waals surface area contributed by atoms with Gasteiger partial charge in [-0.2, -0.15) is 0 Å². The van der Waals surface area contributed by atoms with Crippen LogP contribution in [0.1, 0.15) is 34.7 Å².